The number of nitrogens with one attached hydrogen (secondary N) is 1. The van der Waals surface area contributed by atoms with Crippen LogP contribution >= 0.6 is 0 Å². The van der Waals surface area contributed by atoms with Crippen molar-refractivity contribution in [2.45, 2.75) is 50.6 Å². The standard InChI is InChI=1S/C19H26FN3O2/c1-15(18(24)22-19(14-21)10-4-3-5-11-19)23(2)12-13-25-17-8-6-16(20)7-9-17/h6-9,15H,3-5,10-13H2,1-2H3,(H,22,24). The molecule has 5 nitrogen and oxygen atoms in total. The van der Waals surface area contributed by atoms with Gasteiger partial charge in [-0.2, -0.15) is 5.26 Å². The minimum Gasteiger partial charge on any atom is -0.492 e. The van der Waals surface area contributed by atoms with E-state index in [0.717, 1.165) is 32.1 Å². The van der Waals surface area contributed by atoms with Crippen molar-refractivity contribution in [3.63, 3.8) is 0 Å². The summed E-state index contributed by atoms with van der Waals surface area (Å²) in [6.07, 6.45) is 4.52. The first-order valence-corrected chi connectivity index (χ1v) is 8.78. The van der Waals surface area contributed by atoms with Gasteiger partial charge < -0.3 is 10.1 Å². The monoisotopic (exact) mass is 347 g/mol. The van der Waals surface area contributed by atoms with E-state index in [2.05, 4.69) is 11.4 Å². The van der Waals surface area contributed by atoms with Crippen molar-refractivity contribution >= 4 is 5.91 Å². The topological polar surface area (TPSA) is 65.4 Å². The van der Waals surface area contributed by atoms with Crippen molar-refractivity contribution in [3.05, 3.63) is 30.1 Å². The Labute approximate surface area is 148 Å². The molecule has 1 fully saturated rings. The molecule has 136 valence electrons. The van der Waals surface area contributed by atoms with Crippen molar-refractivity contribution in [2.24, 2.45) is 0 Å². The Balaban J connectivity index is 1.80. The third kappa shape index (κ3) is 5.43. The fraction of sp³-hybridized carbons (Fsp3) is 0.579. The summed E-state index contributed by atoms with van der Waals surface area (Å²) < 4.78 is 18.4. The first-order valence-electron chi connectivity index (χ1n) is 8.78. The molecular formula is C19H26FN3O2. The second-order valence-electron chi connectivity index (χ2n) is 6.70. The molecule has 1 aliphatic carbocycles. The second kappa shape index (κ2) is 8.82. The highest BCUT2D eigenvalue weighted by Crippen LogP contribution is 2.27. The molecule has 0 aliphatic heterocycles. The molecule has 0 aromatic heterocycles. The number of halogens is 1. The van der Waals surface area contributed by atoms with E-state index < -0.39 is 5.54 Å². The van der Waals surface area contributed by atoms with Crippen LogP contribution in [-0.4, -0.2) is 42.6 Å². The number of hydrogen-bond donors (Lipinski definition) is 1. The fourth-order valence-corrected chi connectivity index (χ4v) is 2.99. The second-order valence-corrected chi connectivity index (χ2v) is 6.70. The van der Waals surface area contributed by atoms with Gasteiger partial charge in [-0.3, -0.25) is 9.69 Å². The average Bonchev–Trinajstić information content (AvgIpc) is 2.63. The van der Waals surface area contributed by atoms with Crippen LogP contribution in [0.1, 0.15) is 39.0 Å². The van der Waals surface area contributed by atoms with Gasteiger partial charge >= 0.3 is 0 Å². The van der Waals surface area contributed by atoms with Gasteiger partial charge in [0, 0.05) is 6.54 Å². The highest BCUT2D eigenvalue weighted by atomic mass is 19.1. The summed E-state index contributed by atoms with van der Waals surface area (Å²) in [4.78, 5) is 14.4. The molecule has 1 atom stereocenters. The molecule has 25 heavy (non-hydrogen) atoms. The van der Waals surface area contributed by atoms with Gasteiger partial charge in [0.15, 0.2) is 0 Å². The van der Waals surface area contributed by atoms with Gasteiger partial charge in [0.1, 0.15) is 23.7 Å². The van der Waals surface area contributed by atoms with Crippen LogP contribution in [0.4, 0.5) is 4.39 Å². The van der Waals surface area contributed by atoms with Crippen molar-refractivity contribution in [1.82, 2.24) is 10.2 Å². The first kappa shape index (κ1) is 19.2. The van der Waals surface area contributed by atoms with E-state index in [0.29, 0.717) is 18.9 Å². The van der Waals surface area contributed by atoms with E-state index in [-0.39, 0.29) is 17.8 Å². The van der Waals surface area contributed by atoms with Gasteiger partial charge in [-0.15, -0.1) is 0 Å². The summed E-state index contributed by atoms with van der Waals surface area (Å²) in [7, 11) is 1.85. The Morgan fingerprint density at radius 2 is 2.00 bits per heavy atom. The van der Waals surface area contributed by atoms with Gasteiger partial charge in [0.2, 0.25) is 5.91 Å². The normalized spacial score (nSPS) is 17.6. The van der Waals surface area contributed by atoms with Crippen LogP contribution in [0.15, 0.2) is 24.3 Å². The lowest BCUT2D eigenvalue weighted by Gasteiger charge is -2.34. The van der Waals surface area contributed by atoms with Crippen molar-refractivity contribution in [2.75, 3.05) is 20.2 Å². The number of carbonyl (C=O) groups is 1. The predicted octanol–water partition coefficient (Wildman–Crippen LogP) is 2.87. The number of nitriles is 1. The number of ether oxygens (including phenoxy) is 1. The van der Waals surface area contributed by atoms with Gasteiger partial charge in [0.05, 0.1) is 12.1 Å². The van der Waals surface area contributed by atoms with Crippen LogP contribution in [0, 0.1) is 17.1 Å². The number of amides is 1. The lowest BCUT2D eigenvalue weighted by molar-refractivity contribution is -0.127. The molecule has 1 N–H and O–H groups in total. The zero-order valence-corrected chi connectivity index (χ0v) is 14.9. The number of carbonyl (C=O) groups excluding carboxylic acids is 1. The number of nitrogens with zero attached hydrogens (tertiary/aromatic N) is 2. The average molecular weight is 347 g/mol. The largest absolute Gasteiger partial charge is 0.492 e. The van der Waals surface area contributed by atoms with Gasteiger partial charge in [0.25, 0.3) is 0 Å². The van der Waals surface area contributed by atoms with Crippen LogP contribution in [-0.2, 0) is 4.79 Å². The molecule has 1 unspecified atom stereocenters. The molecule has 2 rings (SSSR count). The van der Waals surface area contributed by atoms with Gasteiger partial charge in [-0.1, -0.05) is 19.3 Å². The third-order valence-electron chi connectivity index (χ3n) is 4.85. The minimum atomic E-state index is -0.713. The van der Waals surface area contributed by atoms with Crippen LogP contribution in [0.5, 0.6) is 5.75 Å². The first-order chi connectivity index (χ1) is 12.0. The number of rotatable bonds is 7. The molecule has 1 aromatic rings. The number of hydrogen-bond acceptors (Lipinski definition) is 4. The quantitative estimate of drug-likeness (QED) is 0.824. The summed E-state index contributed by atoms with van der Waals surface area (Å²) in [6.45, 7) is 2.76. The SMILES string of the molecule is CC(C(=O)NC1(C#N)CCCCC1)N(C)CCOc1ccc(F)cc1. The van der Waals surface area contributed by atoms with Crippen molar-refractivity contribution in [1.29, 1.82) is 5.26 Å². The maximum absolute atomic E-state index is 12.9. The molecule has 6 heteroatoms. The predicted molar refractivity (Wildman–Crippen MR) is 93.6 cm³/mol. The third-order valence-corrected chi connectivity index (χ3v) is 4.85. The van der Waals surface area contributed by atoms with Crippen molar-refractivity contribution < 1.29 is 13.9 Å². The van der Waals surface area contributed by atoms with E-state index >= 15 is 0 Å². The Morgan fingerprint density at radius 3 is 2.60 bits per heavy atom. The molecule has 0 heterocycles. The van der Waals surface area contributed by atoms with E-state index in [9.17, 15) is 14.4 Å². The summed E-state index contributed by atoms with van der Waals surface area (Å²) in [6, 6.07) is 7.79. The van der Waals surface area contributed by atoms with Crippen LogP contribution < -0.4 is 10.1 Å². The number of likely N-dealkylation sites (N-methyl/N-ethyl adjacent to an activating group) is 1. The summed E-state index contributed by atoms with van der Waals surface area (Å²) in [5, 5.41) is 12.4. The molecule has 0 bridgehead atoms. The molecule has 1 amide bonds. The molecule has 0 spiro atoms. The van der Waals surface area contributed by atoms with E-state index in [4.69, 9.17) is 4.74 Å². The van der Waals surface area contributed by atoms with Crippen LogP contribution in [0.3, 0.4) is 0 Å². The highest BCUT2D eigenvalue weighted by Gasteiger charge is 2.35. The van der Waals surface area contributed by atoms with E-state index in [1.54, 1.807) is 12.1 Å². The van der Waals surface area contributed by atoms with Crippen LogP contribution in [0.2, 0.25) is 0 Å². The fourth-order valence-electron chi connectivity index (χ4n) is 2.99. The zero-order valence-electron chi connectivity index (χ0n) is 14.9. The lowest BCUT2D eigenvalue weighted by Crippen LogP contribution is -2.54. The van der Waals surface area contributed by atoms with Crippen LogP contribution in [0.25, 0.3) is 0 Å². The summed E-state index contributed by atoms with van der Waals surface area (Å²) in [5.41, 5.74) is -0.713. The molecule has 0 radical (unpaired) electrons. The minimum absolute atomic E-state index is 0.132. The lowest BCUT2D eigenvalue weighted by atomic mass is 9.82. The Bertz CT molecular complexity index is 606. The van der Waals surface area contributed by atoms with Gasteiger partial charge in [-0.05, 0) is 51.1 Å². The molecule has 0 saturated heterocycles. The smallest absolute Gasteiger partial charge is 0.238 e. The Kier molecular flexibility index (Phi) is 6.77. The Hall–Kier alpha value is -2.13. The molecular weight excluding hydrogens is 321 g/mol. The molecule has 1 aromatic carbocycles. The Morgan fingerprint density at radius 1 is 1.36 bits per heavy atom. The maximum atomic E-state index is 12.9. The van der Waals surface area contributed by atoms with E-state index in [1.807, 2.05) is 18.9 Å². The molecule has 1 aliphatic rings. The summed E-state index contributed by atoms with van der Waals surface area (Å²) >= 11 is 0. The van der Waals surface area contributed by atoms with E-state index in [1.165, 1.54) is 12.1 Å². The summed E-state index contributed by atoms with van der Waals surface area (Å²) in [5.74, 6) is 0.161. The highest BCUT2D eigenvalue weighted by molar-refractivity contribution is 5.82. The molecule has 1 saturated carbocycles. The maximum Gasteiger partial charge on any atom is 0.238 e. The van der Waals surface area contributed by atoms with Crippen molar-refractivity contribution in [3.8, 4) is 11.8 Å². The zero-order chi connectivity index (χ0) is 18.3. The number of benzene rings is 1. The van der Waals surface area contributed by atoms with Gasteiger partial charge in [-0.25, -0.2) is 4.39 Å².